The van der Waals surface area contributed by atoms with Gasteiger partial charge in [-0.05, 0) is 30.5 Å². The SMILES string of the molecule is OC[C@]1(c2ccccc2)CCCN1Cc1ccccc1. The average molecular weight is 267 g/mol. The summed E-state index contributed by atoms with van der Waals surface area (Å²) < 4.78 is 0. The van der Waals surface area contributed by atoms with Gasteiger partial charge in [-0.1, -0.05) is 60.7 Å². The minimum atomic E-state index is -0.211. The molecule has 1 saturated heterocycles. The topological polar surface area (TPSA) is 23.5 Å². The largest absolute Gasteiger partial charge is 0.394 e. The molecular weight excluding hydrogens is 246 g/mol. The van der Waals surface area contributed by atoms with E-state index < -0.39 is 0 Å². The zero-order valence-corrected chi connectivity index (χ0v) is 11.7. The van der Waals surface area contributed by atoms with Crippen LogP contribution in [-0.4, -0.2) is 23.2 Å². The van der Waals surface area contributed by atoms with Gasteiger partial charge in [0.1, 0.15) is 0 Å². The predicted octanol–water partition coefficient (Wildman–Crippen LogP) is 3.17. The number of aliphatic hydroxyl groups excluding tert-OH is 1. The van der Waals surface area contributed by atoms with Gasteiger partial charge in [0.2, 0.25) is 0 Å². The maximum Gasteiger partial charge on any atom is 0.0697 e. The first kappa shape index (κ1) is 13.3. The van der Waals surface area contributed by atoms with Gasteiger partial charge in [0, 0.05) is 6.54 Å². The van der Waals surface area contributed by atoms with Crippen LogP contribution < -0.4 is 0 Å². The highest BCUT2D eigenvalue weighted by molar-refractivity contribution is 5.27. The van der Waals surface area contributed by atoms with E-state index in [-0.39, 0.29) is 12.1 Å². The first-order valence-corrected chi connectivity index (χ1v) is 7.30. The van der Waals surface area contributed by atoms with Gasteiger partial charge in [0.15, 0.2) is 0 Å². The number of likely N-dealkylation sites (tertiary alicyclic amines) is 1. The molecule has 3 rings (SSSR count). The highest BCUT2D eigenvalue weighted by Gasteiger charge is 2.41. The summed E-state index contributed by atoms with van der Waals surface area (Å²) in [7, 11) is 0. The van der Waals surface area contributed by atoms with Crippen LogP contribution in [0.2, 0.25) is 0 Å². The second kappa shape index (κ2) is 5.78. The third-order valence-electron chi connectivity index (χ3n) is 4.41. The van der Waals surface area contributed by atoms with Crippen LogP contribution in [0.25, 0.3) is 0 Å². The van der Waals surface area contributed by atoms with E-state index in [0.29, 0.717) is 0 Å². The lowest BCUT2D eigenvalue weighted by Crippen LogP contribution is -2.43. The summed E-state index contributed by atoms with van der Waals surface area (Å²) in [5.74, 6) is 0. The summed E-state index contributed by atoms with van der Waals surface area (Å²) >= 11 is 0. The van der Waals surface area contributed by atoms with E-state index >= 15 is 0 Å². The predicted molar refractivity (Wildman–Crippen MR) is 81.3 cm³/mol. The van der Waals surface area contributed by atoms with Crippen molar-refractivity contribution in [3.05, 3.63) is 71.8 Å². The molecule has 20 heavy (non-hydrogen) atoms. The van der Waals surface area contributed by atoms with E-state index in [2.05, 4.69) is 53.4 Å². The molecule has 0 aliphatic carbocycles. The van der Waals surface area contributed by atoms with Crippen molar-refractivity contribution >= 4 is 0 Å². The molecule has 1 fully saturated rings. The van der Waals surface area contributed by atoms with E-state index in [1.165, 1.54) is 11.1 Å². The fraction of sp³-hybridized carbons (Fsp3) is 0.333. The second-order valence-electron chi connectivity index (χ2n) is 5.57. The Hall–Kier alpha value is -1.64. The van der Waals surface area contributed by atoms with Crippen molar-refractivity contribution in [2.45, 2.75) is 24.9 Å². The summed E-state index contributed by atoms with van der Waals surface area (Å²) in [6.45, 7) is 2.13. The maximum absolute atomic E-state index is 10.1. The van der Waals surface area contributed by atoms with E-state index in [4.69, 9.17) is 0 Å². The van der Waals surface area contributed by atoms with E-state index in [9.17, 15) is 5.11 Å². The number of aliphatic hydroxyl groups is 1. The van der Waals surface area contributed by atoms with Crippen molar-refractivity contribution in [2.24, 2.45) is 0 Å². The molecule has 2 heteroatoms. The molecule has 0 spiro atoms. The molecule has 1 aliphatic rings. The van der Waals surface area contributed by atoms with Crippen molar-refractivity contribution in [3.8, 4) is 0 Å². The zero-order chi connectivity index (χ0) is 13.8. The molecule has 0 amide bonds. The van der Waals surface area contributed by atoms with Gasteiger partial charge in [-0.2, -0.15) is 0 Å². The van der Waals surface area contributed by atoms with Crippen LogP contribution in [0, 0.1) is 0 Å². The average Bonchev–Trinajstić information content (AvgIpc) is 2.93. The van der Waals surface area contributed by atoms with Gasteiger partial charge >= 0.3 is 0 Å². The molecule has 1 aliphatic heterocycles. The van der Waals surface area contributed by atoms with Gasteiger partial charge in [0.25, 0.3) is 0 Å². The fourth-order valence-electron chi connectivity index (χ4n) is 3.31. The molecule has 1 N–H and O–H groups in total. The summed E-state index contributed by atoms with van der Waals surface area (Å²) in [5.41, 5.74) is 2.33. The number of hydrogen-bond acceptors (Lipinski definition) is 2. The Bertz CT molecular complexity index is 540. The number of benzene rings is 2. The van der Waals surface area contributed by atoms with Crippen LogP contribution in [0.1, 0.15) is 24.0 Å². The first-order chi connectivity index (χ1) is 9.85. The molecule has 0 saturated carbocycles. The van der Waals surface area contributed by atoms with Crippen molar-refractivity contribution in [1.29, 1.82) is 0 Å². The smallest absolute Gasteiger partial charge is 0.0697 e. The Labute approximate surface area is 120 Å². The third kappa shape index (κ3) is 2.37. The Morgan fingerprint density at radius 2 is 1.60 bits per heavy atom. The van der Waals surface area contributed by atoms with Crippen molar-refractivity contribution in [1.82, 2.24) is 4.90 Å². The van der Waals surface area contributed by atoms with Crippen molar-refractivity contribution in [3.63, 3.8) is 0 Å². The number of hydrogen-bond donors (Lipinski definition) is 1. The highest BCUT2D eigenvalue weighted by Crippen LogP contribution is 2.39. The molecule has 0 radical (unpaired) electrons. The molecule has 2 nitrogen and oxygen atoms in total. The van der Waals surface area contributed by atoms with Crippen LogP contribution in [0.3, 0.4) is 0 Å². The number of nitrogens with zero attached hydrogens (tertiary/aromatic N) is 1. The molecule has 2 aromatic carbocycles. The minimum absolute atomic E-state index is 0.184. The lowest BCUT2D eigenvalue weighted by atomic mass is 9.87. The summed E-state index contributed by atoms with van der Waals surface area (Å²) in [6.07, 6.45) is 2.17. The van der Waals surface area contributed by atoms with Crippen molar-refractivity contribution in [2.75, 3.05) is 13.2 Å². The van der Waals surface area contributed by atoms with Crippen LogP contribution in [0.15, 0.2) is 60.7 Å². The molecule has 0 bridgehead atoms. The van der Waals surface area contributed by atoms with Gasteiger partial charge < -0.3 is 5.11 Å². The zero-order valence-electron chi connectivity index (χ0n) is 11.7. The summed E-state index contributed by atoms with van der Waals surface area (Å²) in [6, 6.07) is 21.0. The number of rotatable bonds is 4. The van der Waals surface area contributed by atoms with Gasteiger partial charge in [0.05, 0.1) is 12.1 Å². The molecule has 0 unspecified atom stereocenters. The Morgan fingerprint density at radius 1 is 0.950 bits per heavy atom. The molecule has 2 aromatic rings. The van der Waals surface area contributed by atoms with Crippen LogP contribution in [-0.2, 0) is 12.1 Å². The van der Waals surface area contributed by atoms with E-state index in [1.54, 1.807) is 0 Å². The van der Waals surface area contributed by atoms with E-state index in [0.717, 1.165) is 25.9 Å². The fourth-order valence-corrected chi connectivity index (χ4v) is 3.31. The summed E-state index contributed by atoms with van der Waals surface area (Å²) in [5, 5.41) is 10.1. The lowest BCUT2D eigenvalue weighted by Gasteiger charge is -2.37. The summed E-state index contributed by atoms with van der Waals surface area (Å²) in [4.78, 5) is 2.43. The Morgan fingerprint density at radius 3 is 2.25 bits per heavy atom. The Balaban J connectivity index is 1.90. The van der Waals surface area contributed by atoms with Crippen LogP contribution >= 0.6 is 0 Å². The monoisotopic (exact) mass is 267 g/mol. The maximum atomic E-state index is 10.1. The second-order valence-corrected chi connectivity index (χ2v) is 5.57. The van der Waals surface area contributed by atoms with Gasteiger partial charge in [-0.25, -0.2) is 0 Å². The minimum Gasteiger partial charge on any atom is -0.394 e. The molecule has 0 aromatic heterocycles. The highest BCUT2D eigenvalue weighted by atomic mass is 16.3. The van der Waals surface area contributed by atoms with Crippen LogP contribution in [0.4, 0.5) is 0 Å². The lowest BCUT2D eigenvalue weighted by molar-refractivity contribution is 0.0558. The van der Waals surface area contributed by atoms with Gasteiger partial charge in [-0.3, -0.25) is 4.90 Å². The standard InChI is InChI=1S/C18H21NO/c20-15-18(17-10-5-2-6-11-17)12-7-13-19(18)14-16-8-3-1-4-9-16/h1-6,8-11,20H,7,12-15H2/t18-/m0/s1. The molecular formula is C18H21NO. The molecule has 1 heterocycles. The molecule has 1 atom stereocenters. The Kier molecular flexibility index (Phi) is 3.86. The first-order valence-electron chi connectivity index (χ1n) is 7.30. The van der Waals surface area contributed by atoms with E-state index in [1.807, 2.05) is 12.1 Å². The van der Waals surface area contributed by atoms with Crippen LogP contribution in [0.5, 0.6) is 0 Å². The normalized spacial score (nSPS) is 23.1. The third-order valence-corrected chi connectivity index (χ3v) is 4.41. The quantitative estimate of drug-likeness (QED) is 0.919. The van der Waals surface area contributed by atoms with Gasteiger partial charge in [-0.15, -0.1) is 0 Å². The molecule has 104 valence electrons. The van der Waals surface area contributed by atoms with Crippen molar-refractivity contribution < 1.29 is 5.11 Å².